The molecular formula is C14H16BrN3O2. The van der Waals surface area contributed by atoms with Gasteiger partial charge in [0.2, 0.25) is 5.89 Å². The van der Waals surface area contributed by atoms with Gasteiger partial charge in [0.05, 0.1) is 19.1 Å². The van der Waals surface area contributed by atoms with Crippen LogP contribution in [0.5, 0.6) is 0 Å². The Morgan fingerprint density at radius 3 is 2.85 bits per heavy atom. The van der Waals surface area contributed by atoms with Crippen molar-refractivity contribution >= 4 is 15.9 Å². The summed E-state index contributed by atoms with van der Waals surface area (Å²) < 4.78 is 6.33. The van der Waals surface area contributed by atoms with Crippen molar-refractivity contribution < 1.29 is 9.63 Å². The van der Waals surface area contributed by atoms with E-state index < -0.39 is 0 Å². The molecule has 106 valence electrons. The number of β-amino-alcohol motifs (C(OH)–C–C–N with tert-alkyl or cyclic N) is 1. The highest BCUT2D eigenvalue weighted by Gasteiger charge is 2.21. The molecule has 5 nitrogen and oxygen atoms in total. The van der Waals surface area contributed by atoms with Gasteiger partial charge in [0, 0.05) is 17.6 Å². The zero-order valence-corrected chi connectivity index (χ0v) is 12.6. The lowest BCUT2D eigenvalue weighted by Crippen LogP contribution is -2.22. The van der Waals surface area contributed by atoms with Gasteiger partial charge in [-0.05, 0) is 24.1 Å². The van der Waals surface area contributed by atoms with E-state index >= 15 is 0 Å². The number of aliphatic hydroxyl groups is 1. The number of nitrogens with zero attached hydrogens (tertiary/aromatic N) is 3. The summed E-state index contributed by atoms with van der Waals surface area (Å²) in [5.74, 6) is 1.31. The molecule has 2 heterocycles. The Hall–Kier alpha value is -1.24. The van der Waals surface area contributed by atoms with E-state index in [-0.39, 0.29) is 6.10 Å². The highest BCUT2D eigenvalue weighted by molar-refractivity contribution is 9.10. The minimum atomic E-state index is -0.218. The molecule has 20 heavy (non-hydrogen) atoms. The number of hydrogen-bond acceptors (Lipinski definition) is 5. The van der Waals surface area contributed by atoms with E-state index in [9.17, 15) is 5.11 Å². The summed E-state index contributed by atoms with van der Waals surface area (Å²) in [7, 11) is 0. The summed E-state index contributed by atoms with van der Waals surface area (Å²) in [5, 5.41) is 13.5. The number of hydrogen-bond donors (Lipinski definition) is 1. The van der Waals surface area contributed by atoms with Crippen molar-refractivity contribution in [2.45, 2.75) is 25.5 Å². The maximum absolute atomic E-state index is 9.49. The molecule has 6 heteroatoms. The predicted octanol–water partition coefficient (Wildman–Crippen LogP) is 1.99. The lowest BCUT2D eigenvalue weighted by molar-refractivity contribution is 0.173. The van der Waals surface area contributed by atoms with Gasteiger partial charge in [-0.25, -0.2) is 0 Å². The van der Waals surface area contributed by atoms with Crippen molar-refractivity contribution in [1.82, 2.24) is 15.0 Å². The highest BCUT2D eigenvalue weighted by Crippen LogP contribution is 2.15. The Bertz CT molecular complexity index is 570. The minimum Gasteiger partial charge on any atom is -0.392 e. The van der Waals surface area contributed by atoms with Crippen LogP contribution in [0.2, 0.25) is 0 Å². The number of aromatic nitrogens is 2. The molecule has 0 bridgehead atoms. The fourth-order valence-electron chi connectivity index (χ4n) is 2.36. The Kier molecular flexibility index (Phi) is 4.14. The summed E-state index contributed by atoms with van der Waals surface area (Å²) in [6, 6.07) is 8.06. The van der Waals surface area contributed by atoms with E-state index in [4.69, 9.17) is 4.52 Å². The second-order valence-corrected chi connectivity index (χ2v) is 6.00. The van der Waals surface area contributed by atoms with Gasteiger partial charge in [0.15, 0.2) is 5.82 Å². The summed E-state index contributed by atoms with van der Waals surface area (Å²) in [4.78, 5) is 6.54. The second-order valence-electron chi connectivity index (χ2n) is 5.09. The third-order valence-corrected chi connectivity index (χ3v) is 3.92. The van der Waals surface area contributed by atoms with Crippen LogP contribution in [0.4, 0.5) is 0 Å². The first-order valence-corrected chi connectivity index (χ1v) is 7.44. The van der Waals surface area contributed by atoms with E-state index in [0.29, 0.717) is 31.2 Å². The molecule has 1 aliphatic rings. The predicted molar refractivity (Wildman–Crippen MR) is 77.1 cm³/mol. The van der Waals surface area contributed by atoms with Crippen LogP contribution in [0.3, 0.4) is 0 Å². The lowest BCUT2D eigenvalue weighted by Gasteiger charge is -2.10. The lowest BCUT2D eigenvalue weighted by atomic mass is 10.1. The Morgan fingerprint density at radius 2 is 2.15 bits per heavy atom. The standard InChI is InChI=1S/C14H16BrN3O2/c15-11-3-1-10(2-4-11)7-14-16-13(17-20-14)9-18-6-5-12(19)8-18/h1-4,12,19H,5-9H2/t12-/m0/s1. The smallest absolute Gasteiger partial charge is 0.231 e. The fraction of sp³-hybridized carbons (Fsp3) is 0.429. The number of rotatable bonds is 4. The van der Waals surface area contributed by atoms with Gasteiger partial charge < -0.3 is 9.63 Å². The fourth-order valence-corrected chi connectivity index (χ4v) is 2.62. The van der Waals surface area contributed by atoms with Gasteiger partial charge in [-0.15, -0.1) is 0 Å². The number of aliphatic hydroxyl groups excluding tert-OH is 1. The van der Waals surface area contributed by atoms with Gasteiger partial charge in [0.25, 0.3) is 0 Å². The Morgan fingerprint density at radius 1 is 1.35 bits per heavy atom. The first-order valence-electron chi connectivity index (χ1n) is 6.65. The first kappa shape index (κ1) is 13.7. The molecule has 3 rings (SSSR count). The molecule has 1 N–H and O–H groups in total. The van der Waals surface area contributed by atoms with Crippen molar-refractivity contribution in [3.8, 4) is 0 Å². The van der Waals surface area contributed by atoms with Gasteiger partial charge in [-0.2, -0.15) is 4.98 Å². The molecule has 1 fully saturated rings. The summed E-state index contributed by atoms with van der Waals surface area (Å²) in [6.07, 6.45) is 1.25. The molecule has 0 unspecified atom stereocenters. The van der Waals surface area contributed by atoms with Crippen LogP contribution in [-0.4, -0.2) is 39.3 Å². The van der Waals surface area contributed by atoms with E-state index in [0.717, 1.165) is 23.0 Å². The van der Waals surface area contributed by atoms with Gasteiger partial charge in [0.1, 0.15) is 0 Å². The first-order chi connectivity index (χ1) is 9.69. The second kappa shape index (κ2) is 6.03. The zero-order valence-electron chi connectivity index (χ0n) is 11.0. The van der Waals surface area contributed by atoms with Crippen LogP contribution in [-0.2, 0) is 13.0 Å². The van der Waals surface area contributed by atoms with E-state index in [1.54, 1.807) is 0 Å². The van der Waals surface area contributed by atoms with Crippen molar-refractivity contribution in [2.75, 3.05) is 13.1 Å². The zero-order chi connectivity index (χ0) is 13.9. The van der Waals surface area contributed by atoms with Crippen molar-refractivity contribution in [3.05, 3.63) is 46.0 Å². The van der Waals surface area contributed by atoms with Crippen LogP contribution in [0.1, 0.15) is 23.7 Å². The average Bonchev–Trinajstić information content (AvgIpc) is 3.02. The molecule has 1 atom stereocenters. The van der Waals surface area contributed by atoms with E-state index in [2.05, 4.69) is 31.0 Å². The number of benzene rings is 1. The van der Waals surface area contributed by atoms with Crippen LogP contribution >= 0.6 is 15.9 Å². The number of halogens is 1. The maximum Gasteiger partial charge on any atom is 0.231 e. The Labute approximate surface area is 125 Å². The molecule has 0 aliphatic carbocycles. The molecule has 0 spiro atoms. The van der Waals surface area contributed by atoms with Gasteiger partial charge >= 0.3 is 0 Å². The molecule has 2 aromatic rings. The van der Waals surface area contributed by atoms with Gasteiger partial charge in [-0.1, -0.05) is 33.2 Å². The molecule has 1 aliphatic heterocycles. The van der Waals surface area contributed by atoms with Crippen molar-refractivity contribution in [1.29, 1.82) is 0 Å². The molecule has 1 aromatic heterocycles. The normalized spacial score (nSPS) is 19.6. The molecule has 0 amide bonds. The largest absolute Gasteiger partial charge is 0.392 e. The van der Waals surface area contributed by atoms with Crippen molar-refractivity contribution in [2.24, 2.45) is 0 Å². The monoisotopic (exact) mass is 337 g/mol. The van der Waals surface area contributed by atoms with Crippen LogP contribution in [0, 0.1) is 0 Å². The van der Waals surface area contributed by atoms with Crippen molar-refractivity contribution in [3.63, 3.8) is 0 Å². The molecule has 0 saturated carbocycles. The van der Waals surface area contributed by atoms with E-state index in [1.165, 1.54) is 0 Å². The highest BCUT2D eigenvalue weighted by atomic mass is 79.9. The van der Waals surface area contributed by atoms with Crippen LogP contribution in [0.25, 0.3) is 0 Å². The SMILES string of the molecule is O[C@H]1CCN(Cc2noc(Cc3ccc(Br)cc3)n2)C1. The Balaban J connectivity index is 1.60. The quantitative estimate of drug-likeness (QED) is 0.924. The van der Waals surface area contributed by atoms with Crippen LogP contribution < -0.4 is 0 Å². The van der Waals surface area contributed by atoms with Crippen LogP contribution in [0.15, 0.2) is 33.3 Å². The third-order valence-electron chi connectivity index (χ3n) is 3.39. The molecule has 0 radical (unpaired) electrons. The third kappa shape index (κ3) is 3.45. The minimum absolute atomic E-state index is 0.218. The molecule has 1 saturated heterocycles. The van der Waals surface area contributed by atoms with E-state index in [1.807, 2.05) is 24.3 Å². The number of likely N-dealkylation sites (tertiary alicyclic amines) is 1. The average molecular weight is 338 g/mol. The molecular weight excluding hydrogens is 322 g/mol. The van der Waals surface area contributed by atoms with Gasteiger partial charge in [-0.3, -0.25) is 4.90 Å². The maximum atomic E-state index is 9.49. The molecule has 1 aromatic carbocycles. The topological polar surface area (TPSA) is 62.4 Å². The summed E-state index contributed by atoms with van der Waals surface area (Å²) >= 11 is 3.41. The summed E-state index contributed by atoms with van der Waals surface area (Å²) in [6.45, 7) is 2.22. The summed E-state index contributed by atoms with van der Waals surface area (Å²) in [5.41, 5.74) is 1.14.